The normalized spacial score (nSPS) is 23.6. The molecular formula is C14H15NO2S2. The van der Waals surface area contributed by atoms with E-state index in [1.54, 1.807) is 12.3 Å². The van der Waals surface area contributed by atoms with Crippen LogP contribution in [0.5, 0.6) is 0 Å². The molecule has 1 aromatic rings. The minimum Gasteiger partial charge on any atom is -0.465 e. The fourth-order valence-electron chi connectivity index (χ4n) is 2.64. The summed E-state index contributed by atoms with van der Waals surface area (Å²) in [6, 6.07) is 3.95. The maximum Gasteiger partial charge on any atom is 0.266 e. The van der Waals surface area contributed by atoms with Crippen LogP contribution in [0.15, 0.2) is 27.7 Å². The van der Waals surface area contributed by atoms with Gasteiger partial charge in [-0.1, -0.05) is 43.2 Å². The Morgan fingerprint density at radius 1 is 1.37 bits per heavy atom. The van der Waals surface area contributed by atoms with E-state index in [4.69, 9.17) is 16.6 Å². The maximum absolute atomic E-state index is 12.4. The molecule has 2 heterocycles. The Labute approximate surface area is 122 Å². The third kappa shape index (κ3) is 2.62. The highest BCUT2D eigenvalue weighted by molar-refractivity contribution is 8.26. The molecule has 2 fully saturated rings. The number of amides is 1. The maximum atomic E-state index is 12.4. The van der Waals surface area contributed by atoms with E-state index in [1.165, 1.54) is 31.0 Å². The topological polar surface area (TPSA) is 33.5 Å². The molecule has 100 valence electrons. The monoisotopic (exact) mass is 293 g/mol. The molecule has 1 saturated heterocycles. The Hall–Kier alpha value is -1.07. The molecule has 1 aliphatic heterocycles. The number of rotatable bonds is 2. The molecule has 2 aliphatic rings. The predicted octanol–water partition coefficient (Wildman–Crippen LogP) is 3.81. The molecule has 3 rings (SSSR count). The van der Waals surface area contributed by atoms with Crippen molar-refractivity contribution in [3.63, 3.8) is 0 Å². The zero-order valence-corrected chi connectivity index (χ0v) is 12.1. The van der Waals surface area contributed by atoms with Gasteiger partial charge in [0.15, 0.2) is 0 Å². The van der Waals surface area contributed by atoms with Crippen LogP contribution in [0.25, 0.3) is 6.08 Å². The molecule has 0 atom stereocenters. The Balaban J connectivity index is 1.80. The third-order valence-corrected chi connectivity index (χ3v) is 4.91. The molecule has 0 radical (unpaired) electrons. The van der Waals surface area contributed by atoms with Crippen molar-refractivity contribution in [1.29, 1.82) is 0 Å². The highest BCUT2D eigenvalue weighted by Crippen LogP contribution is 2.37. The molecule has 1 amide bonds. The van der Waals surface area contributed by atoms with Crippen molar-refractivity contribution in [3.8, 4) is 0 Å². The Morgan fingerprint density at radius 2 is 2.16 bits per heavy atom. The summed E-state index contributed by atoms with van der Waals surface area (Å²) < 4.78 is 5.95. The summed E-state index contributed by atoms with van der Waals surface area (Å²) >= 11 is 6.75. The van der Waals surface area contributed by atoms with Crippen LogP contribution in [0.2, 0.25) is 0 Å². The second-order valence-corrected chi connectivity index (χ2v) is 6.53. The van der Waals surface area contributed by atoms with E-state index in [0.717, 1.165) is 12.8 Å². The lowest BCUT2D eigenvalue weighted by Crippen LogP contribution is -2.39. The van der Waals surface area contributed by atoms with Gasteiger partial charge in [-0.25, -0.2) is 0 Å². The first-order valence-corrected chi connectivity index (χ1v) is 7.79. The van der Waals surface area contributed by atoms with Crippen LogP contribution in [0.1, 0.15) is 37.9 Å². The fraction of sp³-hybridized carbons (Fsp3) is 0.429. The van der Waals surface area contributed by atoms with Gasteiger partial charge in [0.2, 0.25) is 0 Å². The van der Waals surface area contributed by atoms with Gasteiger partial charge in [-0.05, 0) is 25.0 Å². The van der Waals surface area contributed by atoms with Gasteiger partial charge >= 0.3 is 0 Å². The lowest BCUT2D eigenvalue weighted by atomic mass is 9.94. The molecular weight excluding hydrogens is 278 g/mol. The van der Waals surface area contributed by atoms with E-state index >= 15 is 0 Å². The van der Waals surface area contributed by atoms with Crippen molar-refractivity contribution >= 4 is 40.3 Å². The van der Waals surface area contributed by atoms with Crippen molar-refractivity contribution in [2.75, 3.05) is 0 Å². The summed E-state index contributed by atoms with van der Waals surface area (Å²) in [7, 11) is 0. The quantitative estimate of drug-likeness (QED) is 0.613. The van der Waals surface area contributed by atoms with E-state index in [0.29, 0.717) is 21.0 Å². The first-order valence-electron chi connectivity index (χ1n) is 6.56. The fourth-order valence-corrected chi connectivity index (χ4v) is 4.02. The summed E-state index contributed by atoms with van der Waals surface area (Å²) in [5.41, 5.74) is 0. The van der Waals surface area contributed by atoms with Gasteiger partial charge in [0.25, 0.3) is 5.91 Å². The van der Waals surface area contributed by atoms with Gasteiger partial charge in [0.1, 0.15) is 10.1 Å². The standard InChI is InChI=1S/C14H15NO2S2/c16-13-12(9-11-7-4-8-17-11)19-14(18)15(13)10-5-2-1-3-6-10/h4,7-10H,1-3,5-6H2/b12-9+. The smallest absolute Gasteiger partial charge is 0.266 e. The van der Waals surface area contributed by atoms with Gasteiger partial charge in [0, 0.05) is 12.1 Å². The number of carbonyl (C=O) groups excluding carboxylic acids is 1. The highest BCUT2D eigenvalue weighted by Gasteiger charge is 2.37. The molecule has 0 spiro atoms. The van der Waals surface area contributed by atoms with E-state index in [-0.39, 0.29) is 5.91 Å². The minimum absolute atomic E-state index is 0.0401. The molecule has 19 heavy (non-hydrogen) atoms. The van der Waals surface area contributed by atoms with Crippen LogP contribution in [-0.4, -0.2) is 21.2 Å². The van der Waals surface area contributed by atoms with Crippen LogP contribution in [0, 0.1) is 0 Å². The van der Waals surface area contributed by atoms with E-state index in [9.17, 15) is 4.79 Å². The van der Waals surface area contributed by atoms with Gasteiger partial charge in [0.05, 0.1) is 11.2 Å². The van der Waals surface area contributed by atoms with Crippen molar-refractivity contribution < 1.29 is 9.21 Å². The number of nitrogens with zero attached hydrogens (tertiary/aromatic N) is 1. The van der Waals surface area contributed by atoms with E-state index < -0.39 is 0 Å². The summed E-state index contributed by atoms with van der Waals surface area (Å²) in [5.74, 6) is 0.738. The predicted molar refractivity (Wildman–Crippen MR) is 80.6 cm³/mol. The molecule has 1 aromatic heterocycles. The van der Waals surface area contributed by atoms with Gasteiger partial charge < -0.3 is 4.42 Å². The summed E-state index contributed by atoms with van der Waals surface area (Å²) in [6.07, 6.45) is 9.18. The van der Waals surface area contributed by atoms with E-state index in [2.05, 4.69) is 0 Å². The Bertz CT molecular complexity index is 516. The van der Waals surface area contributed by atoms with Crippen LogP contribution in [0.3, 0.4) is 0 Å². The molecule has 0 bridgehead atoms. The van der Waals surface area contributed by atoms with Crippen LogP contribution >= 0.6 is 24.0 Å². The second kappa shape index (κ2) is 5.51. The molecule has 3 nitrogen and oxygen atoms in total. The Kier molecular flexibility index (Phi) is 3.75. The first-order chi connectivity index (χ1) is 9.25. The summed E-state index contributed by atoms with van der Waals surface area (Å²) in [6.45, 7) is 0. The number of thiocarbonyl (C=S) groups is 1. The first kappa shape index (κ1) is 12.9. The molecule has 1 aliphatic carbocycles. The average molecular weight is 293 g/mol. The largest absolute Gasteiger partial charge is 0.465 e. The lowest BCUT2D eigenvalue weighted by Gasteiger charge is -2.29. The van der Waals surface area contributed by atoms with Crippen molar-refractivity contribution in [2.45, 2.75) is 38.1 Å². The number of thioether (sulfide) groups is 1. The summed E-state index contributed by atoms with van der Waals surface area (Å²) in [4.78, 5) is 14.9. The average Bonchev–Trinajstić information content (AvgIpc) is 3.01. The number of hydrogen-bond acceptors (Lipinski definition) is 4. The van der Waals surface area contributed by atoms with Crippen molar-refractivity contribution in [1.82, 2.24) is 4.90 Å². The van der Waals surface area contributed by atoms with Gasteiger partial charge in [-0.15, -0.1) is 0 Å². The molecule has 5 heteroatoms. The molecule has 0 N–H and O–H groups in total. The SMILES string of the molecule is O=C1/C(=C\c2ccco2)SC(=S)N1C1CCCCC1. The molecule has 0 unspecified atom stereocenters. The molecule has 1 saturated carbocycles. The molecule has 0 aromatic carbocycles. The highest BCUT2D eigenvalue weighted by atomic mass is 32.2. The zero-order chi connectivity index (χ0) is 13.2. The number of hydrogen-bond donors (Lipinski definition) is 0. The minimum atomic E-state index is 0.0401. The lowest BCUT2D eigenvalue weighted by molar-refractivity contribution is -0.124. The van der Waals surface area contributed by atoms with E-state index in [1.807, 2.05) is 17.0 Å². The van der Waals surface area contributed by atoms with Crippen LogP contribution < -0.4 is 0 Å². The summed E-state index contributed by atoms with van der Waals surface area (Å²) in [5, 5.41) is 0. The zero-order valence-electron chi connectivity index (χ0n) is 10.5. The number of furan rings is 1. The Morgan fingerprint density at radius 3 is 2.84 bits per heavy atom. The third-order valence-electron chi connectivity index (χ3n) is 3.58. The van der Waals surface area contributed by atoms with Gasteiger partial charge in [-0.3, -0.25) is 9.69 Å². The van der Waals surface area contributed by atoms with Gasteiger partial charge in [-0.2, -0.15) is 0 Å². The van der Waals surface area contributed by atoms with Crippen LogP contribution in [-0.2, 0) is 4.79 Å². The van der Waals surface area contributed by atoms with Crippen molar-refractivity contribution in [2.24, 2.45) is 0 Å². The van der Waals surface area contributed by atoms with Crippen LogP contribution in [0.4, 0.5) is 0 Å². The number of carbonyl (C=O) groups is 1. The second-order valence-electron chi connectivity index (χ2n) is 4.86. The van der Waals surface area contributed by atoms with Crippen molar-refractivity contribution in [3.05, 3.63) is 29.1 Å².